The van der Waals surface area contributed by atoms with Gasteiger partial charge in [-0.15, -0.1) is 0 Å². The fourth-order valence-corrected chi connectivity index (χ4v) is 2.40. The van der Waals surface area contributed by atoms with E-state index >= 15 is 0 Å². The Labute approximate surface area is 140 Å². The van der Waals surface area contributed by atoms with Crippen LogP contribution in [0.25, 0.3) is 6.08 Å². The van der Waals surface area contributed by atoms with Gasteiger partial charge in [0, 0.05) is 11.8 Å². The molecule has 1 heterocycles. The Hall–Kier alpha value is -3.26. The van der Waals surface area contributed by atoms with E-state index in [9.17, 15) is 4.79 Å². The van der Waals surface area contributed by atoms with Crippen LogP contribution in [0, 0.1) is 11.3 Å². The fourth-order valence-electron chi connectivity index (χ4n) is 2.40. The van der Waals surface area contributed by atoms with E-state index < -0.39 is 0 Å². The van der Waals surface area contributed by atoms with E-state index in [4.69, 9.17) is 14.7 Å². The summed E-state index contributed by atoms with van der Waals surface area (Å²) >= 11 is 0. The van der Waals surface area contributed by atoms with E-state index in [0.717, 1.165) is 5.56 Å². The molecule has 3 rings (SSSR count). The van der Waals surface area contributed by atoms with Crippen molar-refractivity contribution < 1.29 is 14.3 Å². The lowest BCUT2D eigenvalue weighted by molar-refractivity contribution is -0.114. The molecule has 2 aromatic rings. The first kappa shape index (κ1) is 15.6. The minimum Gasteiger partial charge on any atom is -0.486 e. The van der Waals surface area contributed by atoms with Gasteiger partial charge in [0.2, 0.25) is 0 Å². The quantitative estimate of drug-likeness (QED) is 0.642. The fraction of sp³-hybridized carbons (Fsp3) is 0.158. The maximum absolute atomic E-state index is 12.4. The van der Waals surface area contributed by atoms with E-state index in [1.54, 1.807) is 18.2 Å². The van der Waals surface area contributed by atoms with E-state index in [1.807, 2.05) is 42.5 Å². The highest BCUT2D eigenvalue weighted by Gasteiger charge is 2.13. The second-order valence-corrected chi connectivity index (χ2v) is 5.15. The minimum absolute atomic E-state index is 0.00563. The summed E-state index contributed by atoms with van der Waals surface area (Å²) in [5.74, 6) is 1.13. The minimum atomic E-state index is -0.252. The van der Waals surface area contributed by atoms with Crippen molar-refractivity contribution in [2.75, 3.05) is 24.7 Å². The van der Waals surface area contributed by atoms with Crippen LogP contribution in [0.5, 0.6) is 11.5 Å². The molecular weight excluding hydrogens is 304 g/mol. The first-order valence-corrected chi connectivity index (χ1v) is 7.59. The molecule has 0 spiro atoms. The third kappa shape index (κ3) is 3.55. The van der Waals surface area contributed by atoms with E-state index in [1.165, 1.54) is 11.0 Å². The van der Waals surface area contributed by atoms with Crippen LogP contribution < -0.4 is 14.4 Å². The van der Waals surface area contributed by atoms with Gasteiger partial charge in [-0.05, 0) is 35.9 Å². The molecule has 0 bridgehead atoms. The SMILES string of the molecule is N#CCN(C(=O)/C=C/c1ccc2c(c1)OCCO2)c1ccccc1. The van der Waals surface area contributed by atoms with Crippen molar-refractivity contribution in [1.29, 1.82) is 5.26 Å². The third-order valence-electron chi connectivity index (χ3n) is 3.55. The normalized spacial score (nSPS) is 12.6. The molecule has 24 heavy (non-hydrogen) atoms. The molecule has 0 aliphatic carbocycles. The smallest absolute Gasteiger partial charge is 0.251 e. The summed E-state index contributed by atoms with van der Waals surface area (Å²) in [6.07, 6.45) is 3.16. The number of anilines is 1. The summed E-state index contributed by atoms with van der Waals surface area (Å²) < 4.78 is 11.0. The maximum atomic E-state index is 12.4. The molecule has 0 N–H and O–H groups in total. The van der Waals surface area contributed by atoms with Crippen LogP contribution in [-0.4, -0.2) is 25.7 Å². The molecule has 1 aliphatic rings. The van der Waals surface area contributed by atoms with Gasteiger partial charge in [-0.2, -0.15) is 5.26 Å². The number of benzene rings is 2. The summed E-state index contributed by atoms with van der Waals surface area (Å²) in [5, 5.41) is 8.97. The molecule has 120 valence electrons. The van der Waals surface area contributed by atoms with Gasteiger partial charge in [0.15, 0.2) is 11.5 Å². The maximum Gasteiger partial charge on any atom is 0.251 e. The molecule has 0 saturated carbocycles. The second-order valence-electron chi connectivity index (χ2n) is 5.15. The van der Waals surface area contributed by atoms with Crippen molar-refractivity contribution in [2.45, 2.75) is 0 Å². The topological polar surface area (TPSA) is 62.6 Å². The van der Waals surface area contributed by atoms with Crippen molar-refractivity contribution >= 4 is 17.7 Å². The number of para-hydroxylation sites is 1. The highest BCUT2D eigenvalue weighted by Crippen LogP contribution is 2.31. The van der Waals surface area contributed by atoms with Crippen LogP contribution in [0.3, 0.4) is 0 Å². The van der Waals surface area contributed by atoms with E-state index in [-0.39, 0.29) is 12.5 Å². The number of nitriles is 1. The lowest BCUT2D eigenvalue weighted by Crippen LogP contribution is -2.29. The summed E-state index contributed by atoms with van der Waals surface area (Å²) in [6.45, 7) is 1.05. The molecule has 2 aromatic carbocycles. The third-order valence-corrected chi connectivity index (χ3v) is 3.55. The van der Waals surface area contributed by atoms with Crippen molar-refractivity contribution in [1.82, 2.24) is 0 Å². The number of rotatable bonds is 4. The van der Waals surface area contributed by atoms with Crippen LogP contribution in [-0.2, 0) is 4.79 Å². The summed E-state index contributed by atoms with van der Waals surface area (Å²) in [7, 11) is 0. The van der Waals surface area contributed by atoms with Gasteiger partial charge in [-0.25, -0.2) is 0 Å². The Morgan fingerprint density at radius 3 is 2.62 bits per heavy atom. The average Bonchev–Trinajstić information content (AvgIpc) is 2.64. The number of amides is 1. The van der Waals surface area contributed by atoms with Gasteiger partial charge in [-0.1, -0.05) is 24.3 Å². The standard InChI is InChI=1S/C19H16N2O3/c20-10-11-21(16-4-2-1-3-5-16)19(22)9-7-15-6-8-17-18(14-15)24-13-12-23-17/h1-9,14H,11-13H2/b9-7+. The average molecular weight is 320 g/mol. The molecule has 0 fully saturated rings. The monoisotopic (exact) mass is 320 g/mol. The zero-order valence-corrected chi connectivity index (χ0v) is 13.0. The molecule has 1 aliphatic heterocycles. The van der Waals surface area contributed by atoms with Gasteiger partial charge >= 0.3 is 0 Å². The number of carbonyl (C=O) groups excluding carboxylic acids is 1. The molecule has 0 atom stereocenters. The van der Waals surface area contributed by atoms with E-state index in [2.05, 4.69) is 0 Å². The van der Waals surface area contributed by atoms with Gasteiger partial charge in [0.25, 0.3) is 5.91 Å². The highest BCUT2D eigenvalue weighted by atomic mass is 16.6. The number of hydrogen-bond acceptors (Lipinski definition) is 4. The molecule has 5 nitrogen and oxygen atoms in total. The zero-order valence-electron chi connectivity index (χ0n) is 13.0. The van der Waals surface area contributed by atoms with Crippen molar-refractivity contribution in [3.8, 4) is 17.6 Å². The van der Waals surface area contributed by atoms with Crippen LogP contribution in [0.2, 0.25) is 0 Å². The Balaban J connectivity index is 1.77. The van der Waals surface area contributed by atoms with Gasteiger partial charge in [-0.3, -0.25) is 9.69 Å². The second kappa shape index (κ2) is 7.34. The number of hydrogen-bond donors (Lipinski definition) is 0. The van der Waals surface area contributed by atoms with Gasteiger partial charge < -0.3 is 9.47 Å². The molecule has 0 radical (unpaired) electrons. The van der Waals surface area contributed by atoms with Crippen LogP contribution >= 0.6 is 0 Å². The molecular formula is C19H16N2O3. The Morgan fingerprint density at radius 2 is 1.88 bits per heavy atom. The van der Waals surface area contributed by atoms with E-state index in [0.29, 0.717) is 30.4 Å². The lowest BCUT2D eigenvalue weighted by atomic mass is 10.1. The predicted octanol–water partition coefficient (Wildman–Crippen LogP) is 3.03. The molecule has 1 amide bonds. The lowest BCUT2D eigenvalue weighted by Gasteiger charge is -2.19. The first-order chi connectivity index (χ1) is 11.8. The zero-order chi connectivity index (χ0) is 16.8. The number of carbonyl (C=O) groups is 1. The Morgan fingerprint density at radius 1 is 1.12 bits per heavy atom. The predicted molar refractivity (Wildman–Crippen MR) is 90.9 cm³/mol. The van der Waals surface area contributed by atoms with Crippen LogP contribution in [0.4, 0.5) is 5.69 Å². The van der Waals surface area contributed by atoms with Gasteiger partial charge in [0.05, 0.1) is 6.07 Å². The summed E-state index contributed by atoms with van der Waals surface area (Å²) in [5.41, 5.74) is 1.52. The summed E-state index contributed by atoms with van der Waals surface area (Å²) in [6, 6.07) is 16.7. The van der Waals surface area contributed by atoms with Gasteiger partial charge in [0.1, 0.15) is 19.8 Å². The Bertz CT molecular complexity index is 794. The highest BCUT2D eigenvalue weighted by molar-refractivity contribution is 6.04. The first-order valence-electron chi connectivity index (χ1n) is 7.59. The van der Waals surface area contributed by atoms with Crippen molar-refractivity contribution in [3.05, 3.63) is 60.2 Å². The van der Waals surface area contributed by atoms with Crippen LogP contribution in [0.15, 0.2) is 54.6 Å². The van der Waals surface area contributed by atoms with Crippen molar-refractivity contribution in [2.24, 2.45) is 0 Å². The number of ether oxygens (including phenoxy) is 2. The van der Waals surface area contributed by atoms with Crippen LogP contribution in [0.1, 0.15) is 5.56 Å². The molecule has 5 heteroatoms. The number of fused-ring (bicyclic) bond motifs is 1. The molecule has 0 aromatic heterocycles. The van der Waals surface area contributed by atoms with Crippen molar-refractivity contribution in [3.63, 3.8) is 0 Å². The Kier molecular flexibility index (Phi) is 4.78. The summed E-state index contributed by atoms with van der Waals surface area (Å²) in [4.78, 5) is 13.9. The largest absolute Gasteiger partial charge is 0.486 e. The molecule has 0 unspecified atom stereocenters. The molecule has 0 saturated heterocycles. The number of nitrogens with zero attached hydrogens (tertiary/aromatic N) is 2.